The molecule has 0 unspecified atom stereocenters. The van der Waals surface area contributed by atoms with E-state index in [1.54, 1.807) is 0 Å². The first-order valence-electron chi connectivity index (χ1n) is 9.17. The Hall–Kier alpha value is -2.62. The van der Waals surface area contributed by atoms with Gasteiger partial charge in [-0.15, -0.1) is 0 Å². The van der Waals surface area contributed by atoms with E-state index in [0.717, 1.165) is 18.8 Å². The fourth-order valence-electron chi connectivity index (χ4n) is 3.73. The summed E-state index contributed by atoms with van der Waals surface area (Å²) in [6.45, 7) is 0.876. The molecule has 0 bridgehead atoms. The Morgan fingerprint density at radius 3 is 2.76 bits per heavy atom. The van der Waals surface area contributed by atoms with E-state index in [4.69, 9.17) is 0 Å². The molecule has 25 heavy (non-hydrogen) atoms. The number of anilines is 1. The van der Waals surface area contributed by atoms with Gasteiger partial charge in [-0.05, 0) is 42.5 Å². The number of hydrogen-bond acceptors (Lipinski definition) is 3. The van der Waals surface area contributed by atoms with E-state index in [1.807, 2.05) is 12.4 Å². The second-order valence-electron chi connectivity index (χ2n) is 6.77. The standard InChI is InChI=1S/C21H24N4/c1-2-6-16(7-3-1)10-12-22-20-14-18(11-13-23-20)19-15-24-25-21(19)17-8-4-5-9-17/h1-3,6-7,11,13-15,17H,4-5,8-10,12H2,(H,22,23)(H,24,25). The van der Waals surface area contributed by atoms with E-state index in [0.29, 0.717) is 5.92 Å². The summed E-state index contributed by atoms with van der Waals surface area (Å²) in [5, 5.41) is 11.0. The fraction of sp³-hybridized carbons (Fsp3) is 0.333. The molecule has 1 saturated carbocycles. The van der Waals surface area contributed by atoms with Crippen molar-refractivity contribution in [3.05, 3.63) is 66.1 Å². The van der Waals surface area contributed by atoms with Gasteiger partial charge in [-0.2, -0.15) is 5.10 Å². The predicted molar refractivity (Wildman–Crippen MR) is 102 cm³/mol. The molecule has 0 aliphatic heterocycles. The lowest BCUT2D eigenvalue weighted by atomic mass is 9.97. The van der Waals surface area contributed by atoms with E-state index in [1.165, 1.54) is 48.1 Å². The molecule has 1 aromatic carbocycles. The number of nitrogens with one attached hydrogen (secondary N) is 2. The minimum atomic E-state index is 0.625. The molecule has 4 nitrogen and oxygen atoms in total. The largest absolute Gasteiger partial charge is 0.370 e. The van der Waals surface area contributed by atoms with Crippen molar-refractivity contribution in [2.45, 2.75) is 38.0 Å². The summed E-state index contributed by atoms with van der Waals surface area (Å²) in [4.78, 5) is 4.47. The summed E-state index contributed by atoms with van der Waals surface area (Å²) in [5.41, 5.74) is 5.04. The number of aromatic nitrogens is 3. The zero-order chi connectivity index (χ0) is 16.9. The summed E-state index contributed by atoms with van der Waals surface area (Å²) in [5.74, 6) is 1.55. The van der Waals surface area contributed by atoms with Crippen molar-refractivity contribution >= 4 is 5.82 Å². The van der Waals surface area contributed by atoms with Gasteiger partial charge in [0.2, 0.25) is 0 Å². The maximum atomic E-state index is 4.47. The van der Waals surface area contributed by atoms with Crippen LogP contribution in [0.1, 0.15) is 42.9 Å². The summed E-state index contributed by atoms with van der Waals surface area (Å²) in [6, 6.07) is 14.7. The van der Waals surface area contributed by atoms with E-state index >= 15 is 0 Å². The van der Waals surface area contributed by atoms with Crippen molar-refractivity contribution in [1.29, 1.82) is 0 Å². The Morgan fingerprint density at radius 2 is 1.92 bits per heavy atom. The van der Waals surface area contributed by atoms with Gasteiger partial charge in [-0.3, -0.25) is 5.10 Å². The second-order valence-corrected chi connectivity index (χ2v) is 6.77. The molecule has 0 spiro atoms. The number of pyridine rings is 1. The predicted octanol–water partition coefficient (Wildman–Crippen LogP) is 4.78. The Bertz CT molecular complexity index is 804. The third-order valence-electron chi connectivity index (χ3n) is 5.07. The van der Waals surface area contributed by atoms with Gasteiger partial charge in [0.15, 0.2) is 0 Å². The number of rotatable bonds is 6. The van der Waals surface area contributed by atoms with Crippen molar-refractivity contribution < 1.29 is 0 Å². The highest BCUT2D eigenvalue weighted by Gasteiger charge is 2.22. The van der Waals surface area contributed by atoms with Gasteiger partial charge in [0.25, 0.3) is 0 Å². The van der Waals surface area contributed by atoms with E-state index in [2.05, 4.69) is 63.0 Å². The molecular formula is C21H24N4. The van der Waals surface area contributed by atoms with Crippen molar-refractivity contribution in [3.63, 3.8) is 0 Å². The highest BCUT2D eigenvalue weighted by atomic mass is 15.1. The van der Waals surface area contributed by atoms with Crippen LogP contribution in [0.3, 0.4) is 0 Å². The molecule has 0 saturated heterocycles. The molecule has 4 rings (SSSR count). The molecule has 2 heterocycles. The number of nitrogens with zero attached hydrogens (tertiary/aromatic N) is 2. The summed E-state index contributed by atoms with van der Waals surface area (Å²) < 4.78 is 0. The van der Waals surface area contributed by atoms with Crippen molar-refractivity contribution in [2.24, 2.45) is 0 Å². The van der Waals surface area contributed by atoms with Gasteiger partial charge < -0.3 is 5.32 Å². The Labute approximate surface area is 148 Å². The maximum absolute atomic E-state index is 4.47. The summed E-state index contributed by atoms with van der Waals surface area (Å²) in [6.07, 6.45) is 10.0. The van der Waals surface area contributed by atoms with Crippen molar-refractivity contribution in [2.75, 3.05) is 11.9 Å². The Kier molecular flexibility index (Phi) is 4.77. The highest BCUT2D eigenvalue weighted by Crippen LogP contribution is 2.38. The van der Waals surface area contributed by atoms with Gasteiger partial charge in [0.05, 0.1) is 6.20 Å². The number of H-pyrrole nitrogens is 1. The lowest BCUT2D eigenvalue weighted by molar-refractivity contribution is 0.694. The minimum Gasteiger partial charge on any atom is -0.370 e. The first kappa shape index (κ1) is 15.9. The van der Waals surface area contributed by atoms with Crippen molar-refractivity contribution in [1.82, 2.24) is 15.2 Å². The first-order chi connectivity index (χ1) is 12.4. The molecule has 0 atom stereocenters. The number of aromatic amines is 1. The summed E-state index contributed by atoms with van der Waals surface area (Å²) in [7, 11) is 0. The normalized spacial score (nSPS) is 14.7. The molecule has 1 aliphatic rings. The molecule has 128 valence electrons. The molecular weight excluding hydrogens is 308 g/mol. The van der Waals surface area contributed by atoms with Crippen LogP contribution in [-0.2, 0) is 6.42 Å². The first-order valence-corrected chi connectivity index (χ1v) is 9.17. The summed E-state index contributed by atoms with van der Waals surface area (Å²) >= 11 is 0. The lowest BCUT2D eigenvalue weighted by Crippen LogP contribution is -2.06. The fourth-order valence-corrected chi connectivity index (χ4v) is 3.73. The van der Waals surface area contributed by atoms with E-state index in [-0.39, 0.29) is 0 Å². The van der Waals surface area contributed by atoms with Gasteiger partial charge >= 0.3 is 0 Å². The Balaban J connectivity index is 1.46. The second kappa shape index (κ2) is 7.51. The molecule has 1 fully saturated rings. The average Bonchev–Trinajstić information content (AvgIpc) is 3.34. The zero-order valence-corrected chi connectivity index (χ0v) is 14.4. The zero-order valence-electron chi connectivity index (χ0n) is 14.4. The minimum absolute atomic E-state index is 0.625. The van der Waals surface area contributed by atoms with Crippen LogP contribution in [0.25, 0.3) is 11.1 Å². The lowest BCUT2D eigenvalue weighted by Gasteiger charge is -2.11. The topological polar surface area (TPSA) is 53.6 Å². The molecule has 0 radical (unpaired) electrons. The monoisotopic (exact) mass is 332 g/mol. The van der Waals surface area contributed by atoms with Gasteiger partial charge in [-0.1, -0.05) is 43.2 Å². The van der Waals surface area contributed by atoms with Crippen LogP contribution in [0.4, 0.5) is 5.82 Å². The van der Waals surface area contributed by atoms with Crippen LogP contribution in [0.5, 0.6) is 0 Å². The van der Waals surface area contributed by atoms with Gasteiger partial charge in [0.1, 0.15) is 5.82 Å². The van der Waals surface area contributed by atoms with Crippen molar-refractivity contribution in [3.8, 4) is 11.1 Å². The van der Waals surface area contributed by atoms with Crippen LogP contribution in [0.2, 0.25) is 0 Å². The maximum Gasteiger partial charge on any atom is 0.126 e. The molecule has 4 heteroatoms. The molecule has 0 amide bonds. The third-order valence-corrected chi connectivity index (χ3v) is 5.07. The van der Waals surface area contributed by atoms with Gasteiger partial charge in [-0.25, -0.2) is 4.98 Å². The smallest absolute Gasteiger partial charge is 0.126 e. The van der Waals surface area contributed by atoms with Crippen LogP contribution in [-0.4, -0.2) is 21.7 Å². The van der Waals surface area contributed by atoms with Gasteiger partial charge in [0, 0.05) is 29.9 Å². The SMILES string of the molecule is c1ccc(CCNc2cc(-c3cn[nH]c3C3CCCC3)ccn2)cc1. The Morgan fingerprint density at radius 1 is 1.08 bits per heavy atom. The molecule has 1 aliphatic carbocycles. The average molecular weight is 332 g/mol. The molecule has 3 aromatic rings. The molecule has 2 aromatic heterocycles. The van der Waals surface area contributed by atoms with E-state index < -0.39 is 0 Å². The van der Waals surface area contributed by atoms with Crippen LogP contribution >= 0.6 is 0 Å². The third kappa shape index (κ3) is 3.73. The molecule has 2 N–H and O–H groups in total. The number of hydrogen-bond donors (Lipinski definition) is 2. The van der Waals surface area contributed by atoms with Crippen LogP contribution in [0, 0.1) is 0 Å². The number of benzene rings is 1. The highest BCUT2D eigenvalue weighted by molar-refractivity contribution is 5.68. The van der Waals surface area contributed by atoms with E-state index in [9.17, 15) is 0 Å². The van der Waals surface area contributed by atoms with Crippen LogP contribution < -0.4 is 5.32 Å². The van der Waals surface area contributed by atoms with Crippen LogP contribution in [0.15, 0.2) is 54.9 Å². The quantitative estimate of drug-likeness (QED) is 0.683.